The van der Waals surface area contributed by atoms with Gasteiger partial charge in [0.25, 0.3) is 0 Å². The molecule has 4 rings (SSSR count). The summed E-state index contributed by atoms with van der Waals surface area (Å²) in [5.74, 6) is 1.15. The highest BCUT2D eigenvalue weighted by atomic mass is 16.1. The first-order valence-electron chi connectivity index (χ1n) is 7.65. The Labute approximate surface area is 128 Å². The van der Waals surface area contributed by atoms with Gasteiger partial charge in [-0.3, -0.25) is 4.79 Å². The zero-order valence-corrected chi connectivity index (χ0v) is 12.5. The summed E-state index contributed by atoms with van der Waals surface area (Å²) in [5.41, 5.74) is 4.11. The summed E-state index contributed by atoms with van der Waals surface area (Å²) in [7, 11) is 0. The van der Waals surface area contributed by atoms with Crippen LogP contribution in [0.2, 0.25) is 0 Å². The zero-order chi connectivity index (χ0) is 15.1. The molecule has 22 heavy (non-hydrogen) atoms. The Morgan fingerprint density at radius 2 is 1.95 bits per heavy atom. The van der Waals surface area contributed by atoms with Gasteiger partial charge in [0.05, 0.1) is 12.1 Å². The Balaban J connectivity index is 1.74. The minimum Gasteiger partial charge on any atom is -0.299 e. The normalized spacial score (nSPS) is 14.4. The lowest BCUT2D eigenvalue weighted by Gasteiger charge is -2.04. The number of fused-ring (bicyclic) bond motifs is 1. The molecule has 110 valence electrons. The monoisotopic (exact) mass is 291 g/mol. The van der Waals surface area contributed by atoms with Crippen LogP contribution < -0.4 is 0 Å². The number of hydrogen-bond donors (Lipinski definition) is 0. The number of carbonyl (C=O) groups is 1. The van der Waals surface area contributed by atoms with Gasteiger partial charge in [-0.2, -0.15) is 5.10 Å². The molecule has 0 bridgehead atoms. The van der Waals surface area contributed by atoms with E-state index in [4.69, 9.17) is 0 Å². The van der Waals surface area contributed by atoms with Crippen LogP contribution in [-0.4, -0.2) is 20.4 Å². The molecule has 2 heterocycles. The minimum absolute atomic E-state index is 0.253. The molecule has 1 aromatic carbocycles. The molecule has 0 amide bonds. The summed E-state index contributed by atoms with van der Waals surface area (Å²) < 4.78 is 1.83. The highest BCUT2D eigenvalue weighted by Gasteiger charge is 2.30. The highest BCUT2D eigenvalue weighted by molar-refractivity contribution is 5.84. The molecule has 3 aromatic rings. The van der Waals surface area contributed by atoms with Gasteiger partial charge in [-0.25, -0.2) is 9.50 Å². The van der Waals surface area contributed by atoms with Gasteiger partial charge >= 0.3 is 0 Å². The second-order valence-electron chi connectivity index (χ2n) is 5.99. The summed E-state index contributed by atoms with van der Waals surface area (Å²) in [6, 6.07) is 14.3. The molecule has 0 saturated heterocycles. The summed E-state index contributed by atoms with van der Waals surface area (Å²) in [6.45, 7) is 2.07. The van der Waals surface area contributed by atoms with Gasteiger partial charge in [0.2, 0.25) is 0 Å². The van der Waals surface area contributed by atoms with Gasteiger partial charge in [0.1, 0.15) is 5.78 Å². The Morgan fingerprint density at radius 3 is 2.68 bits per heavy atom. The SMILES string of the molecule is Cc1ccc(-c2cccc3nc(CC(=O)C4CC4)nn23)cc1. The Bertz CT molecular complexity index is 844. The minimum atomic E-state index is 0.253. The van der Waals surface area contributed by atoms with Gasteiger partial charge in [0.15, 0.2) is 11.5 Å². The van der Waals surface area contributed by atoms with Crippen molar-refractivity contribution < 1.29 is 4.79 Å². The number of aryl methyl sites for hydroxylation is 1. The van der Waals surface area contributed by atoms with E-state index in [2.05, 4.69) is 41.3 Å². The molecular formula is C18H17N3O. The highest BCUT2D eigenvalue weighted by Crippen LogP contribution is 2.30. The van der Waals surface area contributed by atoms with E-state index in [1.165, 1.54) is 5.56 Å². The number of rotatable bonds is 4. The number of nitrogens with zero attached hydrogens (tertiary/aromatic N) is 3. The summed E-state index contributed by atoms with van der Waals surface area (Å²) >= 11 is 0. The van der Waals surface area contributed by atoms with Crippen molar-refractivity contribution in [2.24, 2.45) is 5.92 Å². The third kappa shape index (κ3) is 2.41. The van der Waals surface area contributed by atoms with Gasteiger partial charge in [-0.1, -0.05) is 35.9 Å². The number of pyridine rings is 1. The number of ketones is 1. The molecule has 4 heteroatoms. The molecule has 1 aliphatic carbocycles. The van der Waals surface area contributed by atoms with Crippen LogP contribution in [0.25, 0.3) is 16.9 Å². The average molecular weight is 291 g/mol. The second-order valence-corrected chi connectivity index (χ2v) is 5.99. The number of aromatic nitrogens is 3. The molecule has 0 N–H and O–H groups in total. The number of carbonyl (C=O) groups excluding carboxylic acids is 1. The van der Waals surface area contributed by atoms with E-state index >= 15 is 0 Å². The quantitative estimate of drug-likeness (QED) is 0.741. The first-order valence-corrected chi connectivity index (χ1v) is 7.65. The van der Waals surface area contributed by atoms with Crippen molar-refractivity contribution in [3.8, 4) is 11.3 Å². The lowest BCUT2D eigenvalue weighted by molar-refractivity contribution is -0.119. The van der Waals surface area contributed by atoms with Crippen LogP contribution in [0.5, 0.6) is 0 Å². The van der Waals surface area contributed by atoms with E-state index in [0.717, 1.165) is 29.7 Å². The lowest BCUT2D eigenvalue weighted by atomic mass is 10.1. The van der Waals surface area contributed by atoms with Crippen LogP contribution in [0, 0.1) is 12.8 Å². The molecule has 2 aromatic heterocycles. The maximum absolute atomic E-state index is 12.0. The van der Waals surface area contributed by atoms with Crippen molar-refractivity contribution in [2.75, 3.05) is 0 Å². The first-order chi connectivity index (χ1) is 10.7. The fraction of sp³-hybridized carbons (Fsp3) is 0.278. The molecule has 0 atom stereocenters. The summed E-state index contributed by atoms with van der Waals surface area (Å²) in [4.78, 5) is 16.5. The van der Waals surface area contributed by atoms with E-state index in [1.807, 2.05) is 22.7 Å². The third-order valence-corrected chi connectivity index (χ3v) is 4.12. The van der Waals surface area contributed by atoms with Gasteiger partial charge in [-0.15, -0.1) is 0 Å². The Kier molecular flexibility index (Phi) is 3.03. The Morgan fingerprint density at radius 1 is 1.18 bits per heavy atom. The topological polar surface area (TPSA) is 47.3 Å². The van der Waals surface area contributed by atoms with Crippen molar-refractivity contribution in [1.29, 1.82) is 0 Å². The van der Waals surface area contributed by atoms with E-state index in [0.29, 0.717) is 12.2 Å². The van der Waals surface area contributed by atoms with E-state index in [9.17, 15) is 4.79 Å². The maximum Gasteiger partial charge on any atom is 0.159 e. The van der Waals surface area contributed by atoms with Crippen LogP contribution >= 0.6 is 0 Å². The fourth-order valence-corrected chi connectivity index (χ4v) is 2.67. The van der Waals surface area contributed by atoms with Gasteiger partial charge in [0, 0.05) is 11.5 Å². The van der Waals surface area contributed by atoms with Crippen molar-refractivity contribution in [3.63, 3.8) is 0 Å². The molecule has 1 fully saturated rings. The van der Waals surface area contributed by atoms with Crippen molar-refractivity contribution in [2.45, 2.75) is 26.2 Å². The zero-order valence-electron chi connectivity index (χ0n) is 12.5. The lowest BCUT2D eigenvalue weighted by Crippen LogP contribution is -2.06. The van der Waals surface area contributed by atoms with Crippen LogP contribution in [0.15, 0.2) is 42.5 Å². The molecule has 0 unspecified atom stereocenters. The van der Waals surface area contributed by atoms with Crippen molar-refractivity contribution in [3.05, 3.63) is 53.9 Å². The van der Waals surface area contributed by atoms with E-state index < -0.39 is 0 Å². The fourth-order valence-electron chi connectivity index (χ4n) is 2.67. The molecule has 1 saturated carbocycles. The van der Waals surface area contributed by atoms with Crippen molar-refractivity contribution in [1.82, 2.24) is 14.6 Å². The number of hydrogen-bond acceptors (Lipinski definition) is 3. The van der Waals surface area contributed by atoms with Crippen LogP contribution in [-0.2, 0) is 11.2 Å². The average Bonchev–Trinajstić information content (AvgIpc) is 3.28. The van der Waals surface area contributed by atoms with Crippen molar-refractivity contribution >= 4 is 11.4 Å². The molecule has 0 spiro atoms. The summed E-state index contributed by atoms with van der Waals surface area (Å²) in [6.07, 6.45) is 2.40. The Hall–Kier alpha value is -2.49. The van der Waals surface area contributed by atoms with Crippen LogP contribution in [0.1, 0.15) is 24.2 Å². The van der Waals surface area contributed by atoms with Crippen LogP contribution in [0.3, 0.4) is 0 Å². The largest absolute Gasteiger partial charge is 0.299 e. The number of Topliss-reactive ketones (excluding diaryl/α,β-unsaturated/α-hetero) is 1. The van der Waals surface area contributed by atoms with Gasteiger partial charge < -0.3 is 0 Å². The molecular weight excluding hydrogens is 274 g/mol. The third-order valence-electron chi connectivity index (χ3n) is 4.12. The molecule has 0 radical (unpaired) electrons. The first kappa shape index (κ1) is 13.2. The maximum atomic E-state index is 12.0. The smallest absolute Gasteiger partial charge is 0.159 e. The van der Waals surface area contributed by atoms with Crippen LogP contribution in [0.4, 0.5) is 0 Å². The molecule has 1 aliphatic rings. The van der Waals surface area contributed by atoms with E-state index in [1.54, 1.807) is 0 Å². The molecule has 4 nitrogen and oxygen atoms in total. The second kappa shape index (κ2) is 5.05. The number of benzene rings is 1. The van der Waals surface area contributed by atoms with Gasteiger partial charge in [-0.05, 0) is 31.9 Å². The summed E-state index contributed by atoms with van der Waals surface area (Å²) in [5, 5.41) is 4.55. The molecule has 0 aliphatic heterocycles. The predicted molar refractivity (Wildman–Crippen MR) is 84.6 cm³/mol. The standard InChI is InChI=1S/C18H17N3O/c1-12-5-7-13(8-6-12)15-3-2-4-18-19-17(20-21(15)18)11-16(22)14-9-10-14/h2-8,14H,9-11H2,1H3. The van der Waals surface area contributed by atoms with E-state index in [-0.39, 0.29) is 11.7 Å². The predicted octanol–water partition coefficient (Wildman–Crippen LogP) is 3.23.